The number of benzene rings is 2. The van der Waals surface area contributed by atoms with Gasteiger partial charge in [-0.2, -0.15) is 0 Å². The van der Waals surface area contributed by atoms with E-state index in [0.29, 0.717) is 35.7 Å². The molecule has 2 saturated heterocycles. The third-order valence-electron chi connectivity index (χ3n) is 11.4. The fourth-order valence-corrected chi connectivity index (χ4v) is 8.60. The fraction of sp³-hybridized carbons (Fsp3) is 0.541. The van der Waals surface area contributed by atoms with E-state index in [9.17, 15) is 9.59 Å². The molecule has 8 rings (SSSR count). The third-order valence-corrected chi connectivity index (χ3v) is 11.4. The molecule has 4 aliphatic rings. The van der Waals surface area contributed by atoms with Crippen molar-refractivity contribution < 1.29 is 19.1 Å². The lowest BCUT2D eigenvalue weighted by Gasteiger charge is -2.32. The van der Waals surface area contributed by atoms with Crippen molar-refractivity contribution in [1.82, 2.24) is 23.9 Å². The first-order valence-corrected chi connectivity index (χ1v) is 17.4. The van der Waals surface area contributed by atoms with Gasteiger partial charge in [0, 0.05) is 62.9 Å². The van der Waals surface area contributed by atoms with Gasteiger partial charge in [0.1, 0.15) is 17.9 Å². The maximum Gasteiger partial charge on any atom is 0.254 e. The van der Waals surface area contributed by atoms with Crippen LogP contribution in [0.1, 0.15) is 67.3 Å². The van der Waals surface area contributed by atoms with Gasteiger partial charge in [0.05, 0.1) is 23.8 Å². The summed E-state index contributed by atoms with van der Waals surface area (Å²) in [6.07, 6.45) is 6.43. The van der Waals surface area contributed by atoms with Gasteiger partial charge in [-0.15, -0.1) is 0 Å². The highest BCUT2D eigenvalue weighted by Gasteiger charge is 2.47. The van der Waals surface area contributed by atoms with Crippen LogP contribution in [-0.4, -0.2) is 87.8 Å². The lowest BCUT2D eigenvalue weighted by molar-refractivity contribution is -0.137. The van der Waals surface area contributed by atoms with Gasteiger partial charge in [0.15, 0.2) is 5.82 Å². The zero-order chi connectivity index (χ0) is 32.4. The minimum atomic E-state index is 0.0122. The van der Waals surface area contributed by atoms with Gasteiger partial charge in [-0.3, -0.25) is 9.59 Å². The van der Waals surface area contributed by atoms with E-state index < -0.39 is 0 Å². The number of likely N-dealkylation sites (tertiary alicyclic amines) is 2. The Labute approximate surface area is 275 Å². The molecule has 3 atom stereocenters. The summed E-state index contributed by atoms with van der Waals surface area (Å²) in [6, 6.07) is 12.9. The Hall–Kier alpha value is -3.89. The van der Waals surface area contributed by atoms with E-state index in [1.165, 1.54) is 29.3 Å². The molecule has 2 bridgehead atoms. The first kappa shape index (κ1) is 30.4. The highest BCUT2D eigenvalue weighted by molar-refractivity contribution is 6.00. The molecular formula is C37H46N6O4. The normalized spacial score (nSPS) is 23.0. The Balaban J connectivity index is 1.16. The van der Waals surface area contributed by atoms with Gasteiger partial charge in [-0.05, 0) is 87.0 Å². The van der Waals surface area contributed by atoms with Crippen molar-refractivity contribution in [2.45, 2.75) is 70.0 Å². The number of imidazole rings is 1. The van der Waals surface area contributed by atoms with E-state index in [4.69, 9.17) is 20.2 Å². The highest BCUT2D eigenvalue weighted by Crippen LogP contribution is 2.42. The van der Waals surface area contributed by atoms with Crippen molar-refractivity contribution in [3.05, 3.63) is 47.5 Å². The van der Waals surface area contributed by atoms with Gasteiger partial charge in [0.2, 0.25) is 5.91 Å². The maximum atomic E-state index is 13.8. The van der Waals surface area contributed by atoms with Crippen LogP contribution in [0.3, 0.4) is 0 Å². The van der Waals surface area contributed by atoms with Crippen LogP contribution in [0.4, 0.5) is 0 Å². The van der Waals surface area contributed by atoms with Crippen LogP contribution in [0.2, 0.25) is 0 Å². The quantitative estimate of drug-likeness (QED) is 0.279. The summed E-state index contributed by atoms with van der Waals surface area (Å²) in [5.74, 6) is 3.04. The second kappa shape index (κ2) is 12.0. The molecule has 0 spiro atoms. The number of nitrogens with two attached hydrogens (primary N) is 1. The number of carbonyl (C=O) groups is 2. The van der Waals surface area contributed by atoms with Crippen molar-refractivity contribution in [2.24, 2.45) is 24.6 Å². The topological polar surface area (TPSA) is 108 Å². The molecule has 248 valence electrons. The number of rotatable bonds is 9. The molecule has 2 aliphatic carbocycles. The van der Waals surface area contributed by atoms with Crippen molar-refractivity contribution in [1.29, 1.82) is 0 Å². The molecule has 2 saturated carbocycles. The van der Waals surface area contributed by atoms with E-state index in [2.05, 4.69) is 33.4 Å². The van der Waals surface area contributed by atoms with Gasteiger partial charge in [0.25, 0.3) is 5.91 Å². The number of hydrogen-bond donors (Lipinski definition) is 1. The number of piperidine rings is 2. The third kappa shape index (κ3) is 5.20. The number of amides is 2. The van der Waals surface area contributed by atoms with Crippen molar-refractivity contribution in [3.63, 3.8) is 0 Å². The number of nitrogens with zero attached hydrogens (tertiary/aromatic N) is 5. The van der Waals surface area contributed by atoms with Crippen molar-refractivity contribution in [2.75, 3.05) is 40.0 Å². The first-order valence-electron chi connectivity index (χ1n) is 17.4. The molecule has 10 nitrogen and oxygen atoms in total. The Morgan fingerprint density at radius 1 is 1.02 bits per heavy atom. The van der Waals surface area contributed by atoms with Gasteiger partial charge in [-0.1, -0.05) is 18.2 Å². The number of ether oxygens (including phenoxy) is 2. The number of hydrogen-bond acceptors (Lipinski definition) is 6. The molecule has 4 fully saturated rings. The molecule has 4 heterocycles. The Morgan fingerprint density at radius 2 is 1.83 bits per heavy atom. The maximum absolute atomic E-state index is 13.8. The molecule has 10 heteroatoms. The number of fused-ring (bicyclic) bond motifs is 4. The first-order chi connectivity index (χ1) is 22.9. The largest absolute Gasteiger partial charge is 0.494 e. The SMILES string of the molecule is CCOCC(=O)N1CCC(c2cccc3cc(-c4nc5cc(C(=O)N6C[C@H]7CC[C@@H]6[C@@H]7N)cc(OC)c5n4C)n(CC4CC4)c23)CC1. The average molecular weight is 639 g/mol. The van der Waals surface area contributed by atoms with Crippen LogP contribution < -0.4 is 10.5 Å². The monoisotopic (exact) mass is 638 g/mol. The zero-order valence-corrected chi connectivity index (χ0v) is 27.8. The molecule has 2 aromatic carbocycles. The van der Waals surface area contributed by atoms with E-state index >= 15 is 0 Å². The molecule has 2 N–H and O–H groups in total. The predicted molar refractivity (Wildman–Crippen MR) is 181 cm³/mol. The summed E-state index contributed by atoms with van der Waals surface area (Å²) in [4.78, 5) is 35.6. The summed E-state index contributed by atoms with van der Waals surface area (Å²) >= 11 is 0. The van der Waals surface area contributed by atoms with E-state index in [1.54, 1.807) is 7.11 Å². The predicted octanol–water partition coefficient (Wildman–Crippen LogP) is 4.92. The number of aromatic nitrogens is 3. The van der Waals surface area contributed by atoms with Crippen LogP contribution >= 0.6 is 0 Å². The molecule has 2 amide bonds. The Bertz CT molecular complexity index is 1850. The zero-order valence-electron chi connectivity index (χ0n) is 27.8. The van der Waals surface area contributed by atoms with Gasteiger partial charge in [-0.25, -0.2) is 4.98 Å². The molecule has 2 aliphatic heterocycles. The number of aryl methyl sites for hydroxylation is 1. The molecule has 0 radical (unpaired) electrons. The minimum Gasteiger partial charge on any atom is -0.494 e. The van der Waals surface area contributed by atoms with Gasteiger partial charge < -0.3 is 34.1 Å². The number of methoxy groups -OCH3 is 1. The lowest BCUT2D eigenvalue weighted by atomic mass is 9.88. The molecule has 0 unspecified atom stereocenters. The van der Waals surface area contributed by atoms with Crippen LogP contribution in [0.25, 0.3) is 33.5 Å². The van der Waals surface area contributed by atoms with Crippen molar-refractivity contribution in [3.8, 4) is 17.3 Å². The minimum absolute atomic E-state index is 0.0122. The summed E-state index contributed by atoms with van der Waals surface area (Å²) in [5, 5.41) is 1.21. The van der Waals surface area contributed by atoms with E-state index in [0.717, 1.165) is 74.4 Å². The smallest absolute Gasteiger partial charge is 0.254 e. The Morgan fingerprint density at radius 3 is 2.51 bits per heavy atom. The number of para-hydroxylation sites is 1. The molecule has 2 aromatic heterocycles. The molecular weight excluding hydrogens is 592 g/mol. The van der Waals surface area contributed by atoms with Crippen LogP contribution in [-0.2, 0) is 23.1 Å². The summed E-state index contributed by atoms with van der Waals surface area (Å²) in [6.45, 7) is 5.81. The second-order valence-electron chi connectivity index (χ2n) is 14.1. The number of carbonyl (C=O) groups excluding carboxylic acids is 2. The van der Waals surface area contributed by atoms with E-state index in [-0.39, 0.29) is 30.5 Å². The average Bonchev–Trinajstić information content (AvgIpc) is 3.48. The second-order valence-corrected chi connectivity index (χ2v) is 14.1. The van der Waals surface area contributed by atoms with Crippen LogP contribution in [0, 0.1) is 11.8 Å². The molecule has 4 aromatic rings. The fourth-order valence-electron chi connectivity index (χ4n) is 8.60. The highest BCUT2D eigenvalue weighted by atomic mass is 16.5. The van der Waals surface area contributed by atoms with Gasteiger partial charge >= 0.3 is 0 Å². The standard InChI is InChI=1S/C37H46N6O4/c1-4-47-21-32(44)41-14-12-23(13-15-41)27-7-5-6-24-17-30(42(34(24)27)19-22-8-9-22)36-39-28-16-26(18-31(46-3)35(28)40(36)2)37(45)43-20-25-10-11-29(43)33(25)38/h5-7,16-18,22-23,25,29,33H,4,8-15,19-21,38H2,1-3H3/t25-,29-,33-/m1/s1. The van der Waals surface area contributed by atoms with E-state index in [1.807, 2.05) is 35.9 Å². The summed E-state index contributed by atoms with van der Waals surface area (Å²) < 4.78 is 15.9. The lowest BCUT2D eigenvalue weighted by Crippen LogP contribution is -2.41. The summed E-state index contributed by atoms with van der Waals surface area (Å²) in [5.41, 5.74) is 12.4. The molecule has 47 heavy (non-hydrogen) atoms. The van der Waals surface area contributed by atoms with Crippen molar-refractivity contribution >= 4 is 33.8 Å². The summed E-state index contributed by atoms with van der Waals surface area (Å²) in [7, 11) is 3.71. The van der Waals surface area contributed by atoms with Crippen LogP contribution in [0.15, 0.2) is 36.4 Å². The Kier molecular flexibility index (Phi) is 7.75. The van der Waals surface area contributed by atoms with Crippen LogP contribution in [0.5, 0.6) is 5.75 Å².